The minimum Gasteiger partial charge on any atom is -0.288 e. The number of hydrogen-bond donors (Lipinski definition) is 0. The molecule has 5 heteroatoms. The van der Waals surface area contributed by atoms with E-state index in [4.69, 9.17) is 0 Å². The predicted molar refractivity (Wildman–Crippen MR) is 65.4 cm³/mol. The lowest BCUT2D eigenvalue weighted by Crippen LogP contribution is -2.03. The molecule has 0 aliphatic rings. The summed E-state index contributed by atoms with van der Waals surface area (Å²) in [6.07, 6.45) is 3.06. The van der Waals surface area contributed by atoms with E-state index in [1.54, 1.807) is 16.9 Å². The van der Waals surface area contributed by atoms with Crippen LogP contribution in [0.2, 0.25) is 0 Å². The van der Waals surface area contributed by atoms with Crippen LogP contribution in [-0.2, 0) is 6.54 Å². The number of aryl methyl sites for hydroxylation is 1. The Balaban J connectivity index is 2.39. The first-order valence-corrected chi connectivity index (χ1v) is 5.93. The highest BCUT2D eigenvalue weighted by Gasteiger charge is 2.15. The van der Waals surface area contributed by atoms with Gasteiger partial charge in [0.1, 0.15) is 5.82 Å². The first-order valence-electron chi connectivity index (χ1n) is 5.14. The Morgan fingerprint density at radius 3 is 2.94 bits per heavy atom. The van der Waals surface area contributed by atoms with Crippen LogP contribution in [0.25, 0.3) is 0 Å². The highest BCUT2D eigenvalue weighted by atomic mass is 79.9. The molecular weight excluding hydrogens is 287 g/mol. The number of carbonyl (C=O) groups excluding carboxylic acids is 1. The second-order valence-corrected chi connectivity index (χ2v) is 4.45. The summed E-state index contributed by atoms with van der Waals surface area (Å²) >= 11 is 3.22. The number of aromatic nitrogens is 2. The van der Waals surface area contributed by atoms with Crippen molar-refractivity contribution in [3.8, 4) is 0 Å². The third kappa shape index (κ3) is 2.44. The zero-order valence-electron chi connectivity index (χ0n) is 9.15. The standard InChI is InChI=1S/C12H10BrFN2O/c1-2-16-7-8(6-15-16)12(17)10-5-9(13)3-4-11(10)14/h3-7H,2H2,1H3. The molecule has 0 aliphatic carbocycles. The fourth-order valence-electron chi connectivity index (χ4n) is 1.48. The van der Waals surface area contributed by atoms with Crippen molar-refractivity contribution in [1.29, 1.82) is 0 Å². The quantitative estimate of drug-likeness (QED) is 0.816. The van der Waals surface area contributed by atoms with Crippen LogP contribution in [0.15, 0.2) is 35.1 Å². The third-order valence-corrected chi connectivity index (χ3v) is 2.89. The van der Waals surface area contributed by atoms with Crippen molar-refractivity contribution >= 4 is 21.7 Å². The van der Waals surface area contributed by atoms with Crippen molar-refractivity contribution in [3.63, 3.8) is 0 Å². The summed E-state index contributed by atoms with van der Waals surface area (Å²) < 4.78 is 15.8. The average molecular weight is 297 g/mol. The van der Waals surface area contributed by atoms with E-state index < -0.39 is 5.82 Å². The van der Waals surface area contributed by atoms with Gasteiger partial charge in [-0.3, -0.25) is 9.48 Å². The van der Waals surface area contributed by atoms with E-state index in [2.05, 4.69) is 21.0 Å². The molecule has 0 aliphatic heterocycles. The average Bonchev–Trinajstić information content (AvgIpc) is 2.80. The zero-order valence-corrected chi connectivity index (χ0v) is 10.7. The normalized spacial score (nSPS) is 10.5. The maximum Gasteiger partial charge on any atom is 0.199 e. The van der Waals surface area contributed by atoms with Gasteiger partial charge < -0.3 is 0 Å². The van der Waals surface area contributed by atoms with Crippen LogP contribution in [-0.4, -0.2) is 15.6 Å². The summed E-state index contributed by atoms with van der Waals surface area (Å²) in [5, 5.41) is 4.00. The SMILES string of the molecule is CCn1cc(C(=O)c2cc(Br)ccc2F)cn1. The van der Waals surface area contributed by atoms with Crippen LogP contribution in [0.4, 0.5) is 4.39 Å². The van der Waals surface area contributed by atoms with Crippen molar-refractivity contribution in [2.24, 2.45) is 0 Å². The molecule has 1 aromatic carbocycles. The lowest BCUT2D eigenvalue weighted by atomic mass is 10.1. The number of halogens is 2. The van der Waals surface area contributed by atoms with Crippen LogP contribution >= 0.6 is 15.9 Å². The lowest BCUT2D eigenvalue weighted by Gasteiger charge is -2.01. The number of ketones is 1. The van der Waals surface area contributed by atoms with Crippen LogP contribution in [0.3, 0.4) is 0 Å². The number of hydrogen-bond acceptors (Lipinski definition) is 2. The number of benzene rings is 1. The molecule has 0 amide bonds. The minimum absolute atomic E-state index is 0.0510. The van der Waals surface area contributed by atoms with E-state index in [1.807, 2.05) is 6.92 Å². The summed E-state index contributed by atoms with van der Waals surface area (Å²) in [5.74, 6) is -0.883. The molecule has 88 valence electrons. The Morgan fingerprint density at radius 2 is 2.29 bits per heavy atom. The summed E-state index contributed by atoms with van der Waals surface area (Å²) in [4.78, 5) is 12.0. The Bertz CT molecular complexity index is 565. The highest BCUT2D eigenvalue weighted by molar-refractivity contribution is 9.10. The molecule has 2 rings (SSSR count). The molecule has 3 nitrogen and oxygen atoms in total. The fraction of sp³-hybridized carbons (Fsp3) is 0.167. The molecule has 0 unspecified atom stereocenters. The van der Waals surface area contributed by atoms with Crippen LogP contribution < -0.4 is 0 Å². The van der Waals surface area contributed by atoms with Gasteiger partial charge in [0.2, 0.25) is 0 Å². The van der Waals surface area contributed by atoms with Crippen LogP contribution in [0.5, 0.6) is 0 Å². The van der Waals surface area contributed by atoms with Crippen LogP contribution in [0.1, 0.15) is 22.8 Å². The topological polar surface area (TPSA) is 34.9 Å². The molecule has 0 saturated heterocycles. The van der Waals surface area contributed by atoms with Gasteiger partial charge in [0.05, 0.1) is 17.3 Å². The van der Waals surface area contributed by atoms with Crippen molar-refractivity contribution in [3.05, 3.63) is 52.0 Å². The maximum atomic E-state index is 13.5. The van der Waals surface area contributed by atoms with Crippen molar-refractivity contribution in [2.45, 2.75) is 13.5 Å². The monoisotopic (exact) mass is 296 g/mol. The molecule has 2 aromatic rings. The van der Waals surface area contributed by atoms with E-state index in [0.717, 1.165) is 0 Å². The Hall–Kier alpha value is -1.49. The summed E-state index contributed by atoms with van der Waals surface area (Å²) in [5.41, 5.74) is 0.443. The molecule has 0 N–H and O–H groups in total. The van der Waals surface area contributed by atoms with E-state index in [-0.39, 0.29) is 11.3 Å². The van der Waals surface area contributed by atoms with E-state index in [1.165, 1.54) is 18.3 Å². The molecule has 0 radical (unpaired) electrons. The van der Waals surface area contributed by atoms with Crippen molar-refractivity contribution in [2.75, 3.05) is 0 Å². The smallest absolute Gasteiger partial charge is 0.199 e. The molecule has 0 saturated carbocycles. The number of nitrogens with zero attached hydrogens (tertiary/aromatic N) is 2. The van der Waals surface area contributed by atoms with Gasteiger partial charge >= 0.3 is 0 Å². The second kappa shape index (κ2) is 4.79. The molecule has 1 heterocycles. The first-order chi connectivity index (χ1) is 8.11. The number of carbonyl (C=O) groups is 1. The maximum absolute atomic E-state index is 13.5. The molecular formula is C12H10BrFN2O. The van der Waals surface area contributed by atoms with Gasteiger partial charge in [-0.05, 0) is 25.1 Å². The van der Waals surface area contributed by atoms with Crippen molar-refractivity contribution in [1.82, 2.24) is 9.78 Å². The van der Waals surface area contributed by atoms with Crippen molar-refractivity contribution < 1.29 is 9.18 Å². The second-order valence-electron chi connectivity index (χ2n) is 3.54. The Morgan fingerprint density at radius 1 is 1.53 bits per heavy atom. The Labute approximate surface area is 106 Å². The molecule has 1 aromatic heterocycles. The van der Waals surface area contributed by atoms with E-state index in [9.17, 15) is 9.18 Å². The van der Waals surface area contributed by atoms with E-state index in [0.29, 0.717) is 16.6 Å². The largest absolute Gasteiger partial charge is 0.288 e. The van der Waals surface area contributed by atoms with Gasteiger partial charge in [0, 0.05) is 17.2 Å². The third-order valence-electron chi connectivity index (χ3n) is 2.39. The molecule has 0 fully saturated rings. The van der Waals surface area contributed by atoms with Gasteiger partial charge in [-0.15, -0.1) is 0 Å². The zero-order chi connectivity index (χ0) is 12.4. The summed E-state index contributed by atoms with van der Waals surface area (Å²) in [6, 6.07) is 4.30. The molecule has 0 atom stereocenters. The summed E-state index contributed by atoms with van der Waals surface area (Å²) in [7, 11) is 0. The van der Waals surface area contributed by atoms with Gasteiger partial charge in [-0.1, -0.05) is 15.9 Å². The van der Waals surface area contributed by atoms with E-state index >= 15 is 0 Å². The molecule has 0 spiro atoms. The fourth-order valence-corrected chi connectivity index (χ4v) is 1.84. The lowest BCUT2D eigenvalue weighted by molar-refractivity contribution is 0.103. The van der Waals surface area contributed by atoms with Gasteiger partial charge in [0.25, 0.3) is 0 Å². The Kier molecular flexibility index (Phi) is 3.38. The molecule has 0 bridgehead atoms. The van der Waals surface area contributed by atoms with Gasteiger partial charge in [0.15, 0.2) is 5.78 Å². The minimum atomic E-state index is -0.526. The van der Waals surface area contributed by atoms with Crippen LogP contribution in [0, 0.1) is 5.82 Å². The van der Waals surface area contributed by atoms with Gasteiger partial charge in [-0.2, -0.15) is 5.10 Å². The summed E-state index contributed by atoms with van der Waals surface area (Å²) in [6.45, 7) is 2.59. The first kappa shape index (κ1) is 12.0. The number of rotatable bonds is 3. The predicted octanol–water partition coefficient (Wildman–Crippen LogP) is 3.04. The molecule has 17 heavy (non-hydrogen) atoms. The van der Waals surface area contributed by atoms with Gasteiger partial charge in [-0.25, -0.2) is 4.39 Å². The highest BCUT2D eigenvalue weighted by Crippen LogP contribution is 2.18.